The van der Waals surface area contributed by atoms with Crippen molar-refractivity contribution >= 4 is 40.6 Å². The molecule has 1 unspecified atom stereocenters. The fourth-order valence-corrected chi connectivity index (χ4v) is 3.81. The van der Waals surface area contributed by atoms with Gasteiger partial charge in [0.15, 0.2) is 5.82 Å². The minimum Gasteiger partial charge on any atom is -0.351 e. The van der Waals surface area contributed by atoms with E-state index in [1.807, 2.05) is 35.7 Å². The van der Waals surface area contributed by atoms with Crippen LogP contribution in [0.5, 0.6) is 0 Å². The van der Waals surface area contributed by atoms with Gasteiger partial charge in [-0.05, 0) is 30.0 Å². The largest absolute Gasteiger partial charge is 0.351 e. The lowest BCUT2D eigenvalue weighted by Crippen LogP contribution is -2.31. The predicted molar refractivity (Wildman–Crippen MR) is 102 cm³/mol. The minimum absolute atomic E-state index is 0.120. The number of nitrogen functional groups attached to an aromatic ring is 1. The van der Waals surface area contributed by atoms with Crippen molar-refractivity contribution in [2.24, 2.45) is 0 Å². The minimum atomic E-state index is -0.370. The molecular weight excluding hydrogens is 378 g/mol. The third-order valence-electron chi connectivity index (χ3n) is 3.47. The zero-order chi connectivity index (χ0) is 17.8. The maximum atomic E-state index is 12.3. The average Bonchev–Trinajstić information content (AvgIpc) is 3.24. The zero-order valence-electron chi connectivity index (χ0n) is 13.3. The molecule has 0 bridgehead atoms. The molecule has 0 fully saturated rings. The Morgan fingerprint density at radius 1 is 1.36 bits per heavy atom. The SMILES string of the molecule is CC(Sc1nnc(-c2cccs2)n1N)C(=O)NCc1ccccc1Cl. The summed E-state index contributed by atoms with van der Waals surface area (Å²) in [6, 6.07) is 11.3. The first kappa shape index (κ1) is 17.8. The molecule has 1 amide bonds. The van der Waals surface area contributed by atoms with E-state index in [0.29, 0.717) is 22.5 Å². The summed E-state index contributed by atoms with van der Waals surface area (Å²) in [5, 5.41) is 13.8. The van der Waals surface area contributed by atoms with Gasteiger partial charge in [-0.1, -0.05) is 47.6 Å². The molecule has 0 aliphatic heterocycles. The number of benzene rings is 1. The molecule has 3 rings (SSSR count). The number of halogens is 1. The average molecular weight is 394 g/mol. The summed E-state index contributed by atoms with van der Waals surface area (Å²) >= 11 is 8.89. The maximum Gasteiger partial charge on any atom is 0.233 e. The quantitative estimate of drug-likeness (QED) is 0.496. The van der Waals surface area contributed by atoms with Crippen LogP contribution in [0.2, 0.25) is 5.02 Å². The summed E-state index contributed by atoms with van der Waals surface area (Å²) in [6.07, 6.45) is 0. The number of nitrogens with zero attached hydrogens (tertiary/aromatic N) is 3. The molecule has 130 valence electrons. The molecule has 0 radical (unpaired) electrons. The van der Waals surface area contributed by atoms with Crippen molar-refractivity contribution in [2.45, 2.75) is 23.9 Å². The number of carbonyl (C=O) groups is 1. The summed E-state index contributed by atoms with van der Waals surface area (Å²) in [4.78, 5) is 13.2. The van der Waals surface area contributed by atoms with Gasteiger partial charge in [0.05, 0.1) is 10.1 Å². The van der Waals surface area contributed by atoms with E-state index in [0.717, 1.165) is 10.4 Å². The van der Waals surface area contributed by atoms with Crippen LogP contribution in [-0.2, 0) is 11.3 Å². The van der Waals surface area contributed by atoms with Gasteiger partial charge in [-0.15, -0.1) is 21.5 Å². The van der Waals surface area contributed by atoms with Gasteiger partial charge in [0, 0.05) is 11.6 Å². The van der Waals surface area contributed by atoms with Crippen molar-refractivity contribution in [3.05, 3.63) is 52.4 Å². The van der Waals surface area contributed by atoms with Crippen LogP contribution >= 0.6 is 34.7 Å². The smallest absolute Gasteiger partial charge is 0.233 e. The Hall–Kier alpha value is -2.03. The Morgan fingerprint density at radius 2 is 2.16 bits per heavy atom. The Balaban J connectivity index is 1.61. The van der Waals surface area contributed by atoms with Crippen LogP contribution in [0.3, 0.4) is 0 Å². The van der Waals surface area contributed by atoms with Gasteiger partial charge < -0.3 is 11.2 Å². The molecule has 0 aliphatic carbocycles. The number of hydrogen-bond acceptors (Lipinski definition) is 6. The third kappa shape index (κ3) is 4.15. The van der Waals surface area contributed by atoms with Crippen LogP contribution in [0.15, 0.2) is 46.9 Å². The van der Waals surface area contributed by atoms with Gasteiger partial charge in [0.1, 0.15) is 0 Å². The van der Waals surface area contributed by atoms with Crippen LogP contribution in [0.25, 0.3) is 10.7 Å². The molecule has 0 saturated carbocycles. The van der Waals surface area contributed by atoms with E-state index in [1.165, 1.54) is 27.8 Å². The topological polar surface area (TPSA) is 85.8 Å². The van der Waals surface area contributed by atoms with Gasteiger partial charge in [-0.2, -0.15) is 0 Å². The highest BCUT2D eigenvalue weighted by molar-refractivity contribution is 8.00. The van der Waals surface area contributed by atoms with Crippen LogP contribution in [0.1, 0.15) is 12.5 Å². The van der Waals surface area contributed by atoms with Gasteiger partial charge in [-0.3, -0.25) is 4.79 Å². The van der Waals surface area contributed by atoms with Crippen LogP contribution < -0.4 is 11.2 Å². The standard InChI is InChI=1S/C16H16ClN5OS2/c1-10(15(23)19-9-11-5-2-3-6-12(11)17)25-16-21-20-14(22(16)18)13-7-4-8-24-13/h2-8,10H,9,18H2,1H3,(H,19,23). The van der Waals surface area contributed by atoms with Crippen molar-refractivity contribution in [1.29, 1.82) is 0 Å². The van der Waals surface area contributed by atoms with E-state index < -0.39 is 0 Å². The van der Waals surface area contributed by atoms with E-state index in [4.69, 9.17) is 17.4 Å². The number of thioether (sulfide) groups is 1. The first-order chi connectivity index (χ1) is 12.1. The first-order valence-corrected chi connectivity index (χ1v) is 9.62. The van der Waals surface area contributed by atoms with Gasteiger partial charge in [-0.25, -0.2) is 4.68 Å². The number of thiophene rings is 1. The number of nitrogens with two attached hydrogens (primary N) is 1. The Bertz CT molecular complexity index is 865. The van der Waals surface area contributed by atoms with E-state index in [1.54, 1.807) is 13.0 Å². The molecule has 2 aromatic heterocycles. The number of carbonyl (C=O) groups excluding carboxylic acids is 1. The Labute approximate surface area is 158 Å². The molecule has 3 N–H and O–H groups in total. The molecule has 2 heterocycles. The van der Waals surface area contributed by atoms with Crippen molar-refractivity contribution in [3.63, 3.8) is 0 Å². The molecular formula is C16H16ClN5OS2. The van der Waals surface area contributed by atoms with Crippen molar-refractivity contribution < 1.29 is 4.79 Å². The molecule has 0 aliphatic rings. The fourth-order valence-electron chi connectivity index (χ4n) is 2.11. The maximum absolute atomic E-state index is 12.3. The lowest BCUT2D eigenvalue weighted by atomic mass is 10.2. The predicted octanol–water partition coefficient (Wildman–Crippen LogP) is 3.17. The number of nitrogens with one attached hydrogen (secondary N) is 1. The van der Waals surface area contributed by atoms with E-state index in [-0.39, 0.29) is 11.2 Å². The summed E-state index contributed by atoms with van der Waals surface area (Å²) in [7, 11) is 0. The lowest BCUT2D eigenvalue weighted by Gasteiger charge is -2.12. The molecule has 0 spiro atoms. The lowest BCUT2D eigenvalue weighted by molar-refractivity contribution is -0.120. The summed E-state index contributed by atoms with van der Waals surface area (Å²) in [5.41, 5.74) is 0.872. The first-order valence-electron chi connectivity index (χ1n) is 7.48. The second-order valence-electron chi connectivity index (χ2n) is 5.22. The van der Waals surface area contributed by atoms with Gasteiger partial charge in [0.2, 0.25) is 11.1 Å². The normalized spacial score (nSPS) is 12.1. The van der Waals surface area contributed by atoms with E-state index >= 15 is 0 Å². The Morgan fingerprint density at radius 3 is 2.88 bits per heavy atom. The molecule has 9 heteroatoms. The zero-order valence-corrected chi connectivity index (χ0v) is 15.7. The van der Waals surface area contributed by atoms with Crippen molar-refractivity contribution in [2.75, 3.05) is 5.84 Å². The van der Waals surface area contributed by atoms with Crippen molar-refractivity contribution in [1.82, 2.24) is 20.2 Å². The molecule has 1 aromatic carbocycles. The second-order valence-corrected chi connectivity index (χ2v) is 7.89. The van der Waals surface area contributed by atoms with Crippen LogP contribution in [0, 0.1) is 0 Å². The number of rotatable bonds is 6. The second kappa shape index (κ2) is 7.90. The number of amides is 1. The highest BCUT2D eigenvalue weighted by atomic mass is 35.5. The Kier molecular flexibility index (Phi) is 5.62. The van der Waals surface area contributed by atoms with Crippen LogP contribution in [-0.4, -0.2) is 26.0 Å². The highest BCUT2D eigenvalue weighted by Crippen LogP contribution is 2.27. The monoisotopic (exact) mass is 393 g/mol. The molecule has 25 heavy (non-hydrogen) atoms. The highest BCUT2D eigenvalue weighted by Gasteiger charge is 2.20. The summed E-state index contributed by atoms with van der Waals surface area (Å²) in [6.45, 7) is 2.17. The summed E-state index contributed by atoms with van der Waals surface area (Å²) in [5.74, 6) is 6.52. The van der Waals surface area contributed by atoms with E-state index in [2.05, 4.69) is 15.5 Å². The molecule has 1 atom stereocenters. The van der Waals surface area contributed by atoms with Crippen LogP contribution in [0.4, 0.5) is 0 Å². The van der Waals surface area contributed by atoms with Gasteiger partial charge >= 0.3 is 0 Å². The third-order valence-corrected chi connectivity index (χ3v) is 5.76. The van der Waals surface area contributed by atoms with E-state index in [9.17, 15) is 4.79 Å². The molecule has 6 nitrogen and oxygen atoms in total. The van der Waals surface area contributed by atoms with Crippen molar-refractivity contribution in [3.8, 4) is 10.7 Å². The molecule has 0 saturated heterocycles. The number of hydrogen-bond donors (Lipinski definition) is 2. The van der Waals surface area contributed by atoms with Gasteiger partial charge in [0.25, 0.3) is 0 Å². The number of aromatic nitrogens is 3. The molecule has 3 aromatic rings. The fraction of sp³-hybridized carbons (Fsp3) is 0.188. The summed E-state index contributed by atoms with van der Waals surface area (Å²) < 4.78 is 1.41.